The van der Waals surface area contributed by atoms with Crippen molar-refractivity contribution in [2.75, 3.05) is 43.4 Å². The first kappa shape index (κ1) is 28.0. The van der Waals surface area contributed by atoms with E-state index in [0.29, 0.717) is 12.2 Å². The number of rotatable bonds is 7. The number of hydrogen-bond donors (Lipinski definition) is 2. The van der Waals surface area contributed by atoms with Crippen LogP contribution >= 0.6 is 0 Å². The smallest absolute Gasteiger partial charge is 0.422 e. The van der Waals surface area contributed by atoms with Gasteiger partial charge in [0, 0.05) is 38.4 Å². The molecule has 1 fully saturated rings. The monoisotopic (exact) mass is 570 g/mol. The molecule has 3 heterocycles. The number of para-hydroxylation sites is 1. The normalized spacial score (nSPS) is 16.0. The summed E-state index contributed by atoms with van der Waals surface area (Å²) in [5.74, 6) is -2.52. The van der Waals surface area contributed by atoms with Gasteiger partial charge in [0.15, 0.2) is 17.3 Å². The molecule has 4 aromatic rings. The fourth-order valence-electron chi connectivity index (χ4n) is 4.61. The lowest BCUT2D eigenvalue weighted by Gasteiger charge is -2.41. The van der Waals surface area contributed by atoms with E-state index in [0.717, 1.165) is 12.1 Å². The quantitative estimate of drug-likeness (QED) is 0.321. The average molecular weight is 571 g/mol. The number of piperazine rings is 1. The molecule has 14 heteroatoms. The van der Waals surface area contributed by atoms with E-state index in [9.17, 15) is 22.4 Å². The zero-order chi connectivity index (χ0) is 29.1. The summed E-state index contributed by atoms with van der Waals surface area (Å²) in [4.78, 5) is 16.7. The van der Waals surface area contributed by atoms with Crippen molar-refractivity contribution >= 4 is 17.3 Å². The number of likely N-dealkylation sites (N-methyl/N-ethyl adjacent to an activating group) is 1. The summed E-state index contributed by atoms with van der Waals surface area (Å²) >= 11 is 0. The fraction of sp³-hybridized carbons (Fsp3) is 0.259. The topological polar surface area (TPSA) is 114 Å². The van der Waals surface area contributed by atoms with Gasteiger partial charge in [-0.25, -0.2) is 9.07 Å². The maximum Gasteiger partial charge on any atom is 0.422 e. The molecule has 0 saturated carbocycles. The van der Waals surface area contributed by atoms with Gasteiger partial charge in [-0.1, -0.05) is 12.1 Å². The Kier molecular flexibility index (Phi) is 7.85. The van der Waals surface area contributed by atoms with Crippen LogP contribution in [0.25, 0.3) is 5.69 Å². The third-order valence-corrected chi connectivity index (χ3v) is 6.75. The van der Waals surface area contributed by atoms with Crippen molar-refractivity contribution in [3.63, 3.8) is 0 Å². The SMILES string of the molecule is CN1CCN(c2c(NC(=O)c3ccn(-c4ccnnc4)n3)ccc(Oc3ccccc3F)c2C(F)(F)F)C[C@H]1CN. The van der Waals surface area contributed by atoms with Crippen LogP contribution in [-0.4, -0.2) is 70.1 Å². The van der Waals surface area contributed by atoms with Crippen LogP contribution in [0.15, 0.2) is 67.1 Å². The minimum atomic E-state index is -4.92. The molecule has 3 N–H and O–H groups in total. The molecule has 1 aliphatic rings. The standard InChI is InChI=1S/C27H26F4N8O2/c1-37-12-13-38(16-18(37)14-32)25-20(35-26(40)21-9-11-39(36-21)17-8-10-33-34-15-17)6-7-23(24(25)27(29,30)31)41-22-5-3-2-4-19(22)28/h2-11,15,18H,12-14,16,32H2,1H3,(H,35,40)/t18-/m1/s1. The number of benzene rings is 2. The van der Waals surface area contributed by atoms with Crippen molar-refractivity contribution in [1.29, 1.82) is 0 Å². The molecule has 0 unspecified atom stereocenters. The summed E-state index contributed by atoms with van der Waals surface area (Å²) in [6.07, 6.45) is -0.505. The number of aromatic nitrogens is 4. The van der Waals surface area contributed by atoms with Crippen molar-refractivity contribution in [2.45, 2.75) is 12.2 Å². The summed E-state index contributed by atoms with van der Waals surface area (Å²) in [6, 6.07) is 10.4. The first-order valence-electron chi connectivity index (χ1n) is 12.6. The van der Waals surface area contributed by atoms with Gasteiger partial charge in [0.05, 0.1) is 29.5 Å². The van der Waals surface area contributed by atoms with E-state index >= 15 is 0 Å². The lowest BCUT2D eigenvalue weighted by atomic mass is 10.0. The minimum absolute atomic E-state index is 0.0359. The highest BCUT2D eigenvalue weighted by molar-refractivity contribution is 6.05. The van der Waals surface area contributed by atoms with E-state index in [2.05, 4.69) is 20.6 Å². The average Bonchev–Trinajstić information content (AvgIpc) is 3.46. The largest absolute Gasteiger partial charge is 0.454 e. The Balaban J connectivity index is 1.57. The lowest BCUT2D eigenvalue weighted by molar-refractivity contribution is -0.138. The Hall–Kier alpha value is -4.56. The van der Waals surface area contributed by atoms with Gasteiger partial charge in [-0.2, -0.15) is 28.5 Å². The minimum Gasteiger partial charge on any atom is -0.454 e. The molecule has 0 spiro atoms. The van der Waals surface area contributed by atoms with Crippen LogP contribution in [0.5, 0.6) is 11.5 Å². The maximum absolute atomic E-state index is 14.8. The number of halogens is 4. The van der Waals surface area contributed by atoms with Crippen molar-refractivity contribution < 1.29 is 27.1 Å². The van der Waals surface area contributed by atoms with Crippen LogP contribution in [0.2, 0.25) is 0 Å². The summed E-state index contributed by atoms with van der Waals surface area (Å²) in [5.41, 5.74) is 4.86. The van der Waals surface area contributed by atoms with Crippen LogP contribution in [0.3, 0.4) is 0 Å². The summed E-state index contributed by atoms with van der Waals surface area (Å²) < 4.78 is 65.6. The number of carbonyl (C=O) groups excluding carboxylic acids is 1. The molecule has 1 amide bonds. The summed E-state index contributed by atoms with van der Waals surface area (Å²) in [7, 11) is 1.84. The molecule has 10 nitrogen and oxygen atoms in total. The van der Waals surface area contributed by atoms with Crippen LogP contribution in [-0.2, 0) is 6.18 Å². The third-order valence-electron chi connectivity index (χ3n) is 6.75. The van der Waals surface area contributed by atoms with Gasteiger partial charge in [-0.05, 0) is 43.4 Å². The van der Waals surface area contributed by atoms with Crippen molar-refractivity contribution in [2.24, 2.45) is 5.73 Å². The molecule has 0 aliphatic carbocycles. The molecule has 2 aromatic heterocycles. The number of nitrogens with one attached hydrogen (secondary N) is 1. The number of ether oxygens (including phenoxy) is 1. The number of anilines is 2. The highest BCUT2D eigenvalue weighted by Gasteiger charge is 2.42. The number of carbonyl (C=O) groups is 1. The second-order valence-corrected chi connectivity index (χ2v) is 9.38. The second-order valence-electron chi connectivity index (χ2n) is 9.38. The lowest BCUT2D eigenvalue weighted by Crippen LogP contribution is -2.54. The van der Waals surface area contributed by atoms with Gasteiger partial charge in [0.25, 0.3) is 5.91 Å². The molecule has 1 atom stereocenters. The molecular formula is C27H26F4N8O2. The van der Waals surface area contributed by atoms with Crippen LogP contribution < -0.4 is 20.7 Å². The van der Waals surface area contributed by atoms with Crippen LogP contribution in [0.4, 0.5) is 28.9 Å². The van der Waals surface area contributed by atoms with Gasteiger partial charge in [-0.15, -0.1) is 0 Å². The Morgan fingerprint density at radius 1 is 1.10 bits per heavy atom. The first-order valence-corrected chi connectivity index (χ1v) is 12.6. The highest BCUT2D eigenvalue weighted by Crippen LogP contribution is 2.48. The van der Waals surface area contributed by atoms with E-state index in [1.807, 2.05) is 11.9 Å². The first-order chi connectivity index (χ1) is 19.7. The molecular weight excluding hydrogens is 544 g/mol. The predicted octanol–water partition coefficient (Wildman–Crippen LogP) is 3.94. The van der Waals surface area contributed by atoms with E-state index in [1.165, 1.54) is 58.5 Å². The number of amides is 1. The molecule has 5 rings (SSSR count). The molecule has 214 valence electrons. The summed E-state index contributed by atoms with van der Waals surface area (Å²) in [5, 5.41) is 14.3. The molecule has 2 aromatic carbocycles. The highest BCUT2D eigenvalue weighted by atomic mass is 19.4. The number of alkyl halides is 3. The molecule has 1 saturated heterocycles. The number of hydrogen-bond acceptors (Lipinski definition) is 8. The van der Waals surface area contributed by atoms with Crippen molar-refractivity contribution in [3.8, 4) is 17.2 Å². The Morgan fingerprint density at radius 3 is 2.61 bits per heavy atom. The van der Waals surface area contributed by atoms with Gasteiger partial charge in [-0.3, -0.25) is 9.69 Å². The summed E-state index contributed by atoms with van der Waals surface area (Å²) in [6.45, 7) is 1.01. The third kappa shape index (κ3) is 5.98. The van der Waals surface area contributed by atoms with E-state index in [1.54, 1.807) is 6.07 Å². The molecule has 41 heavy (non-hydrogen) atoms. The predicted molar refractivity (Wildman–Crippen MR) is 143 cm³/mol. The van der Waals surface area contributed by atoms with E-state index in [-0.39, 0.29) is 48.5 Å². The zero-order valence-corrected chi connectivity index (χ0v) is 21.8. The van der Waals surface area contributed by atoms with Crippen LogP contribution in [0, 0.1) is 5.82 Å². The van der Waals surface area contributed by atoms with Gasteiger partial charge < -0.3 is 20.7 Å². The maximum atomic E-state index is 14.8. The number of nitrogens with zero attached hydrogens (tertiary/aromatic N) is 6. The zero-order valence-electron chi connectivity index (χ0n) is 21.8. The molecule has 1 aliphatic heterocycles. The molecule has 0 radical (unpaired) electrons. The second kappa shape index (κ2) is 11.5. The van der Waals surface area contributed by atoms with Gasteiger partial charge >= 0.3 is 6.18 Å². The van der Waals surface area contributed by atoms with Crippen LogP contribution in [0.1, 0.15) is 16.1 Å². The fourth-order valence-corrected chi connectivity index (χ4v) is 4.61. The van der Waals surface area contributed by atoms with Crippen molar-refractivity contribution in [1.82, 2.24) is 24.9 Å². The van der Waals surface area contributed by atoms with E-state index in [4.69, 9.17) is 10.5 Å². The Morgan fingerprint density at radius 2 is 1.90 bits per heavy atom. The van der Waals surface area contributed by atoms with Gasteiger partial charge in [0.1, 0.15) is 11.3 Å². The van der Waals surface area contributed by atoms with Crippen molar-refractivity contribution in [3.05, 3.63) is 84.2 Å². The molecule has 0 bridgehead atoms. The van der Waals surface area contributed by atoms with E-state index < -0.39 is 29.2 Å². The Labute approximate surface area is 232 Å². The number of nitrogens with two attached hydrogens (primary N) is 1. The van der Waals surface area contributed by atoms with Gasteiger partial charge in [0.2, 0.25) is 0 Å². The Bertz CT molecular complexity index is 1530.